The van der Waals surface area contributed by atoms with Crippen LogP contribution in [-0.4, -0.2) is 106 Å². The first-order valence-corrected chi connectivity index (χ1v) is 9.14. The lowest BCUT2D eigenvalue weighted by Crippen LogP contribution is -2.45. The number of ether oxygens (including phenoxy) is 2. The van der Waals surface area contributed by atoms with E-state index in [1.54, 1.807) is 0 Å². The van der Waals surface area contributed by atoms with E-state index in [0.717, 1.165) is 23.0 Å². The monoisotopic (exact) mass is 473 g/mol. The summed E-state index contributed by atoms with van der Waals surface area (Å²) in [5, 5.41) is 48.6. The molecule has 0 aliphatic heterocycles. The average Bonchev–Trinajstić information content (AvgIpc) is 2.68. The van der Waals surface area contributed by atoms with Crippen LogP contribution in [0.3, 0.4) is 0 Å². The van der Waals surface area contributed by atoms with Gasteiger partial charge in [0.25, 0.3) is 5.69 Å². The lowest BCUT2D eigenvalue weighted by molar-refractivity contribution is -0.386. The van der Waals surface area contributed by atoms with E-state index in [-0.39, 0.29) is 17.1 Å². The molecule has 1 atom stereocenters. The van der Waals surface area contributed by atoms with Crippen LogP contribution in [0.4, 0.5) is 5.69 Å². The van der Waals surface area contributed by atoms with Gasteiger partial charge in [-0.2, -0.15) is 0 Å². The van der Waals surface area contributed by atoms with Crippen molar-refractivity contribution in [1.82, 2.24) is 9.80 Å². The second kappa shape index (κ2) is 12.2. The molecule has 15 heteroatoms. The molecule has 33 heavy (non-hydrogen) atoms. The fourth-order valence-corrected chi connectivity index (χ4v) is 3.25. The Hall–Kier alpha value is -3.98. The number of nitrogens with zero attached hydrogens (tertiary/aromatic N) is 3. The second-order valence-electron chi connectivity index (χ2n) is 6.66. The van der Waals surface area contributed by atoms with Gasteiger partial charge in [-0.1, -0.05) is 0 Å². The molecule has 1 rings (SSSR count). The van der Waals surface area contributed by atoms with Crippen molar-refractivity contribution in [3.05, 3.63) is 27.8 Å². The van der Waals surface area contributed by atoms with Gasteiger partial charge < -0.3 is 29.9 Å². The number of nitro benzene ring substituents is 1. The van der Waals surface area contributed by atoms with E-state index >= 15 is 0 Å². The molecule has 1 unspecified atom stereocenters. The quantitative estimate of drug-likeness (QED) is 0.188. The maximum absolute atomic E-state index is 11.8. The molecule has 15 nitrogen and oxygen atoms in total. The Balaban J connectivity index is 3.84. The predicted molar refractivity (Wildman–Crippen MR) is 107 cm³/mol. The van der Waals surface area contributed by atoms with Crippen LogP contribution in [0.2, 0.25) is 0 Å². The Labute approximate surface area is 186 Å². The van der Waals surface area contributed by atoms with Gasteiger partial charge in [0.1, 0.15) is 0 Å². The molecule has 1 aromatic carbocycles. The third-order valence-electron chi connectivity index (χ3n) is 4.36. The highest BCUT2D eigenvalue weighted by atomic mass is 16.6. The number of hydrogen-bond donors (Lipinski definition) is 4. The van der Waals surface area contributed by atoms with Gasteiger partial charge in [0, 0.05) is 12.6 Å². The largest absolute Gasteiger partial charge is 0.493 e. The lowest BCUT2D eigenvalue weighted by Gasteiger charge is -2.33. The van der Waals surface area contributed by atoms with Crippen molar-refractivity contribution in [2.24, 2.45) is 0 Å². The van der Waals surface area contributed by atoms with E-state index in [9.17, 15) is 39.5 Å². The Kier molecular flexibility index (Phi) is 9.97. The summed E-state index contributed by atoms with van der Waals surface area (Å²) in [7, 11) is 2.38. The summed E-state index contributed by atoms with van der Waals surface area (Å²) in [6, 6.07) is 0.756. The van der Waals surface area contributed by atoms with Gasteiger partial charge in [-0.3, -0.25) is 39.1 Å². The number of rotatable bonds is 15. The molecular formula is C18H23N3O12. The summed E-state index contributed by atoms with van der Waals surface area (Å²) in [6.07, 6.45) is 0. The number of carboxylic acid groups (broad SMARTS) is 4. The van der Waals surface area contributed by atoms with E-state index in [1.807, 2.05) is 0 Å². The van der Waals surface area contributed by atoms with Crippen LogP contribution in [-0.2, 0) is 19.2 Å². The summed E-state index contributed by atoms with van der Waals surface area (Å²) in [4.78, 5) is 58.0. The van der Waals surface area contributed by atoms with Crippen LogP contribution >= 0.6 is 0 Å². The van der Waals surface area contributed by atoms with Crippen LogP contribution < -0.4 is 9.47 Å². The molecule has 0 saturated heterocycles. The highest BCUT2D eigenvalue weighted by Gasteiger charge is 2.36. The summed E-state index contributed by atoms with van der Waals surface area (Å²) >= 11 is 0. The van der Waals surface area contributed by atoms with E-state index < -0.39 is 73.3 Å². The number of aliphatic carboxylic acids is 4. The van der Waals surface area contributed by atoms with Gasteiger partial charge in [0.15, 0.2) is 11.5 Å². The number of carboxylic acids is 4. The zero-order valence-electron chi connectivity index (χ0n) is 17.7. The lowest BCUT2D eigenvalue weighted by atomic mass is 9.99. The zero-order chi connectivity index (χ0) is 25.3. The zero-order valence-corrected chi connectivity index (χ0v) is 17.7. The fourth-order valence-electron chi connectivity index (χ4n) is 3.25. The maximum atomic E-state index is 11.8. The van der Waals surface area contributed by atoms with Crippen LogP contribution in [0.5, 0.6) is 11.5 Å². The van der Waals surface area contributed by atoms with Crippen LogP contribution in [0.1, 0.15) is 11.6 Å². The second-order valence-corrected chi connectivity index (χ2v) is 6.66. The Morgan fingerprint density at radius 3 is 1.76 bits per heavy atom. The molecule has 0 aromatic heterocycles. The highest BCUT2D eigenvalue weighted by Crippen LogP contribution is 2.43. The first-order valence-electron chi connectivity index (χ1n) is 9.14. The fraction of sp³-hybridized carbons (Fsp3) is 0.444. The number of benzene rings is 1. The summed E-state index contributed by atoms with van der Waals surface area (Å²) in [5.41, 5.74) is -0.894. The standard InChI is InChI=1S/C18H23N3O12/c1-32-12-4-3-10(21(30)31)17(18(12)33-2)11(20(8-15(26)27)9-16(28)29)5-19(6-13(22)23)7-14(24)25/h3-4,11H,5-9H2,1-2H3,(H,22,23)(H,24,25)(H,26,27)(H,28,29). The SMILES string of the molecule is COc1ccc([N+](=O)[O-])c(C(CN(CC(=O)O)CC(=O)O)N(CC(=O)O)CC(=O)O)c1OC. The number of nitro groups is 1. The number of carbonyl (C=O) groups is 4. The van der Waals surface area contributed by atoms with E-state index in [1.165, 1.54) is 13.2 Å². The minimum atomic E-state index is -1.48. The minimum absolute atomic E-state index is 0.00304. The molecule has 0 aliphatic carbocycles. The Morgan fingerprint density at radius 2 is 1.39 bits per heavy atom. The summed E-state index contributed by atoms with van der Waals surface area (Å²) in [5.74, 6) is -6.03. The van der Waals surface area contributed by atoms with Gasteiger partial charge >= 0.3 is 23.9 Å². The molecule has 0 amide bonds. The van der Waals surface area contributed by atoms with Crippen molar-refractivity contribution in [2.75, 3.05) is 46.9 Å². The summed E-state index contributed by atoms with van der Waals surface area (Å²) < 4.78 is 10.4. The molecule has 0 spiro atoms. The van der Waals surface area contributed by atoms with Crippen molar-refractivity contribution in [2.45, 2.75) is 6.04 Å². The molecule has 0 bridgehead atoms. The Bertz CT molecular complexity index is 887. The normalized spacial score (nSPS) is 11.8. The van der Waals surface area contributed by atoms with Crippen LogP contribution in [0.15, 0.2) is 12.1 Å². The Morgan fingerprint density at radius 1 is 0.909 bits per heavy atom. The molecule has 0 saturated carbocycles. The first-order chi connectivity index (χ1) is 15.4. The molecule has 0 fully saturated rings. The summed E-state index contributed by atoms with van der Waals surface area (Å²) in [6.45, 7) is -4.07. The maximum Gasteiger partial charge on any atom is 0.317 e. The van der Waals surface area contributed by atoms with Gasteiger partial charge in [0.2, 0.25) is 0 Å². The van der Waals surface area contributed by atoms with E-state index in [2.05, 4.69) is 0 Å². The molecule has 0 radical (unpaired) electrons. The minimum Gasteiger partial charge on any atom is -0.493 e. The van der Waals surface area contributed by atoms with Crippen molar-refractivity contribution in [1.29, 1.82) is 0 Å². The molecule has 0 heterocycles. The van der Waals surface area contributed by atoms with E-state index in [0.29, 0.717) is 0 Å². The van der Waals surface area contributed by atoms with Crippen molar-refractivity contribution in [3.63, 3.8) is 0 Å². The molecule has 4 N–H and O–H groups in total. The number of hydrogen-bond acceptors (Lipinski definition) is 10. The topological polar surface area (TPSA) is 217 Å². The average molecular weight is 473 g/mol. The van der Waals surface area contributed by atoms with E-state index in [4.69, 9.17) is 19.7 Å². The van der Waals surface area contributed by atoms with Gasteiger partial charge in [-0.25, -0.2) is 0 Å². The predicted octanol–water partition coefficient (Wildman–Crippen LogP) is -0.404. The van der Waals surface area contributed by atoms with Crippen molar-refractivity contribution in [3.8, 4) is 11.5 Å². The van der Waals surface area contributed by atoms with Crippen LogP contribution in [0.25, 0.3) is 0 Å². The molecule has 0 aliphatic rings. The number of methoxy groups -OCH3 is 2. The third kappa shape index (κ3) is 7.89. The molecular weight excluding hydrogens is 450 g/mol. The van der Waals surface area contributed by atoms with Gasteiger partial charge in [0.05, 0.1) is 56.9 Å². The highest BCUT2D eigenvalue weighted by molar-refractivity contribution is 5.74. The van der Waals surface area contributed by atoms with Gasteiger partial charge in [-0.15, -0.1) is 0 Å². The smallest absolute Gasteiger partial charge is 0.317 e. The third-order valence-corrected chi connectivity index (χ3v) is 4.36. The van der Waals surface area contributed by atoms with Crippen molar-refractivity contribution < 1.29 is 54.0 Å². The van der Waals surface area contributed by atoms with Gasteiger partial charge in [-0.05, 0) is 6.07 Å². The molecule has 1 aromatic rings. The van der Waals surface area contributed by atoms with Crippen LogP contribution in [0, 0.1) is 10.1 Å². The first kappa shape index (κ1) is 27.1. The molecule has 182 valence electrons. The van der Waals surface area contributed by atoms with Crippen molar-refractivity contribution >= 4 is 29.6 Å².